The molecule has 0 heterocycles. The number of halogens is 1. The van der Waals surface area contributed by atoms with Gasteiger partial charge in [0, 0.05) is 22.8 Å². The number of anilines is 2. The average molecular weight is 377 g/mol. The first-order valence-corrected chi connectivity index (χ1v) is 7.90. The predicted molar refractivity (Wildman–Crippen MR) is 94.0 cm³/mol. The van der Waals surface area contributed by atoms with Gasteiger partial charge in [0.25, 0.3) is 5.91 Å². The fourth-order valence-electron chi connectivity index (χ4n) is 2.04. The molecule has 0 bridgehead atoms. The van der Waals surface area contributed by atoms with Crippen LogP contribution in [-0.2, 0) is 4.79 Å². The van der Waals surface area contributed by atoms with E-state index in [2.05, 4.69) is 26.6 Å². The predicted octanol–water partition coefficient (Wildman–Crippen LogP) is 4.06. The summed E-state index contributed by atoms with van der Waals surface area (Å²) >= 11 is 3.36. The molecule has 0 fully saturated rings. The summed E-state index contributed by atoms with van der Waals surface area (Å²) in [5, 5.41) is 5.48. The zero-order valence-corrected chi connectivity index (χ0v) is 14.4. The SMILES string of the molecule is CCOc1ccc(Br)cc1C(=O)Nc1cccc(NC(C)=O)c1. The van der Waals surface area contributed by atoms with Crippen molar-refractivity contribution in [1.82, 2.24) is 0 Å². The summed E-state index contributed by atoms with van der Waals surface area (Å²) in [7, 11) is 0. The standard InChI is InChI=1S/C17H17BrN2O3/c1-3-23-16-8-7-12(18)9-15(16)17(22)20-14-6-4-5-13(10-14)19-11(2)21/h4-10H,3H2,1-2H3,(H,19,21)(H,20,22). The maximum Gasteiger partial charge on any atom is 0.259 e. The Balaban J connectivity index is 2.22. The van der Waals surface area contributed by atoms with E-state index in [0.29, 0.717) is 29.3 Å². The average Bonchev–Trinajstić information content (AvgIpc) is 2.49. The molecule has 0 aliphatic heterocycles. The van der Waals surface area contributed by atoms with Crippen molar-refractivity contribution in [3.05, 3.63) is 52.5 Å². The number of rotatable bonds is 5. The van der Waals surface area contributed by atoms with Crippen molar-refractivity contribution >= 4 is 39.1 Å². The molecule has 0 radical (unpaired) electrons. The van der Waals surface area contributed by atoms with E-state index in [1.165, 1.54) is 6.92 Å². The highest BCUT2D eigenvalue weighted by Gasteiger charge is 2.13. The lowest BCUT2D eigenvalue weighted by Crippen LogP contribution is -2.14. The van der Waals surface area contributed by atoms with Crippen molar-refractivity contribution < 1.29 is 14.3 Å². The molecular formula is C17H17BrN2O3. The first-order chi connectivity index (χ1) is 11.0. The van der Waals surface area contributed by atoms with E-state index in [1.54, 1.807) is 36.4 Å². The van der Waals surface area contributed by atoms with Gasteiger partial charge in [0.1, 0.15) is 5.75 Å². The molecule has 2 rings (SSSR count). The first-order valence-electron chi connectivity index (χ1n) is 7.11. The third kappa shape index (κ3) is 4.82. The molecule has 2 N–H and O–H groups in total. The summed E-state index contributed by atoms with van der Waals surface area (Å²) in [6.07, 6.45) is 0. The monoisotopic (exact) mass is 376 g/mol. The minimum absolute atomic E-state index is 0.168. The quantitative estimate of drug-likeness (QED) is 0.826. The molecular weight excluding hydrogens is 360 g/mol. The molecule has 6 heteroatoms. The second kappa shape index (κ2) is 7.78. The highest BCUT2D eigenvalue weighted by atomic mass is 79.9. The van der Waals surface area contributed by atoms with Crippen LogP contribution in [-0.4, -0.2) is 18.4 Å². The molecule has 0 aliphatic rings. The topological polar surface area (TPSA) is 67.4 Å². The summed E-state index contributed by atoms with van der Waals surface area (Å²) in [5.41, 5.74) is 1.64. The van der Waals surface area contributed by atoms with Crippen molar-refractivity contribution in [1.29, 1.82) is 0 Å². The van der Waals surface area contributed by atoms with E-state index < -0.39 is 0 Å². The van der Waals surface area contributed by atoms with Gasteiger partial charge in [0.2, 0.25) is 5.91 Å². The van der Waals surface area contributed by atoms with E-state index in [1.807, 2.05) is 13.0 Å². The lowest BCUT2D eigenvalue weighted by Gasteiger charge is -2.12. The summed E-state index contributed by atoms with van der Waals surface area (Å²) in [5.74, 6) is 0.0695. The largest absolute Gasteiger partial charge is 0.493 e. The van der Waals surface area contributed by atoms with Crippen LogP contribution in [0, 0.1) is 0 Å². The second-order valence-corrected chi connectivity index (χ2v) is 5.71. The van der Waals surface area contributed by atoms with Crippen LogP contribution < -0.4 is 15.4 Å². The number of benzene rings is 2. The third-order valence-corrected chi connectivity index (χ3v) is 3.42. The lowest BCUT2D eigenvalue weighted by atomic mass is 10.1. The number of carbonyl (C=O) groups is 2. The van der Waals surface area contributed by atoms with Gasteiger partial charge in [-0.05, 0) is 43.3 Å². The molecule has 2 aromatic carbocycles. The smallest absolute Gasteiger partial charge is 0.259 e. The van der Waals surface area contributed by atoms with E-state index in [4.69, 9.17) is 4.74 Å². The zero-order valence-electron chi connectivity index (χ0n) is 12.9. The summed E-state index contributed by atoms with van der Waals surface area (Å²) in [6, 6.07) is 12.2. The Morgan fingerprint density at radius 1 is 1.09 bits per heavy atom. The van der Waals surface area contributed by atoms with Gasteiger partial charge in [0.05, 0.1) is 12.2 Å². The number of ether oxygens (including phenoxy) is 1. The minimum atomic E-state index is -0.283. The molecule has 0 saturated carbocycles. The molecule has 0 aromatic heterocycles. The van der Waals surface area contributed by atoms with E-state index in [-0.39, 0.29) is 11.8 Å². The van der Waals surface area contributed by atoms with Crippen LogP contribution >= 0.6 is 15.9 Å². The molecule has 0 spiro atoms. The highest BCUT2D eigenvalue weighted by Crippen LogP contribution is 2.25. The Labute approximate surface area is 143 Å². The molecule has 0 saturated heterocycles. The van der Waals surface area contributed by atoms with Gasteiger partial charge in [-0.3, -0.25) is 9.59 Å². The van der Waals surface area contributed by atoms with Crippen LogP contribution in [0.15, 0.2) is 46.9 Å². The number of carbonyl (C=O) groups excluding carboxylic acids is 2. The third-order valence-electron chi connectivity index (χ3n) is 2.93. The van der Waals surface area contributed by atoms with Crippen molar-refractivity contribution in [2.45, 2.75) is 13.8 Å². The van der Waals surface area contributed by atoms with E-state index in [9.17, 15) is 9.59 Å². The molecule has 2 amide bonds. The van der Waals surface area contributed by atoms with Gasteiger partial charge in [-0.15, -0.1) is 0 Å². The fraction of sp³-hybridized carbons (Fsp3) is 0.176. The lowest BCUT2D eigenvalue weighted by molar-refractivity contribution is -0.114. The normalized spacial score (nSPS) is 10.0. The summed E-state index contributed by atoms with van der Waals surface area (Å²) in [6.45, 7) is 3.77. The molecule has 2 aromatic rings. The van der Waals surface area contributed by atoms with E-state index >= 15 is 0 Å². The Bertz CT molecular complexity index is 732. The van der Waals surface area contributed by atoms with Gasteiger partial charge in [-0.1, -0.05) is 22.0 Å². The highest BCUT2D eigenvalue weighted by molar-refractivity contribution is 9.10. The van der Waals surface area contributed by atoms with E-state index in [0.717, 1.165) is 4.47 Å². The molecule has 5 nitrogen and oxygen atoms in total. The second-order valence-electron chi connectivity index (χ2n) is 4.79. The zero-order chi connectivity index (χ0) is 16.8. The molecule has 0 atom stereocenters. The molecule has 120 valence electrons. The van der Waals surface area contributed by atoms with Gasteiger partial charge >= 0.3 is 0 Å². The number of hydrogen-bond donors (Lipinski definition) is 2. The molecule has 0 unspecified atom stereocenters. The minimum Gasteiger partial charge on any atom is -0.493 e. The summed E-state index contributed by atoms with van der Waals surface area (Å²) in [4.78, 5) is 23.6. The van der Waals surface area contributed by atoms with Crippen molar-refractivity contribution in [2.75, 3.05) is 17.2 Å². The maximum atomic E-state index is 12.5. The van der Waals surface area contributed by atoms with Crippen LogP contribution in [0.1, 0.15) is 24.2 Å². The Hall–Kier alpha value is -2.34. The Kier molecular flexibility index (Phi) is 5.76. The van der Waals surface area contributed by atoms with Gasteiger partial charge < -0.3 is 15.4 Å². The maximum absolute atomic E-state index is 12.5. The first kappa shape index (κ1) is 17.0. The van der Waals surface area contributed by atoms with Crippen molar-refractivity contribution in [2.24, 2.45) is 0 Å². The number of amides is 2. The van der Waals surface area contributed by atoms with Crippen LogP contribution in [0.25, 0.3) is 0 Å². The Morgan fingerprint density at radius 3 is 2.43 bits per heavy atom. The van der Waals surface area contributed by atoms with Gasteiger partial charge in [-0.2, -0.15) is 0 Å². The summed E-state index contributed by atoms with van der Waals surface area (Å²) < 4.78 is 6.28. The van der Waals surface area contributed by atoms with Gasteiger partial charge in [-0.25, -0.2) is 0 Å². The van der Waals surface area contributed by atoms with Crippen LogP contribution in [0.4, 0.5) is 11.4 Å². The Morgan fingerprint density at radius 2 is 1.78 bits per heavy atom. The van der Waals surface area contributed by atoms with Gasteiger partial charge in [0.15, 0.2) is 0 Å². The molecule has 0 aliphatic carbocycles. The van der Waals surface area contributed by atoms with Crippen LogP contribution in [0.2, 0.25) is 0 Å². The van der Waals surface area contributed by atoms with Crippen molar-refractivity contribution in [3.63, 3.8) is 0 Å². The fourth-order valence-corrected chi connectivity index (χ4v) is 2.40. The van der Waals surface area contributed by atoms with Crippen LogP contribution in [0.3, 0.4) is 0 Å². The van der Waals surface area contributed by atoms with Crippen LogP contribution in [0.5, 0.6) is 5.75 Å². The number of hydrogen-bond acceptors (Lipinski definition) is 3. The molecule has 23 heavy (non-hydrogen) atoms. The number of nitrogens with one attached hydrogen (secondary N) is 2. The van der Waals surface area contributed by atoms with Crippen molar-refractivity contribution in [3.8, 4) is 5.75 Å².